The fourth-order valence-corrected chi connectivity index (χ4v) is 4.34. The molecule has 0 radical (unpaired) electrons. The van der Waals surface area contributed by atoms with Crippen LogP contribution < -0.4 is 5.32 Å². The predicted octanol–water partition coefficient (Wildman–Crippen LogP) is 5.33. The van der Waals surface area contributed by atoms with Crippen molar-refractivity contribution in [1.29, 1.82) is 0 Å². The average molecular weight is 381 g/mol. The van der Waals surface area contributed by atoms with Crippen LogP contribution in [0.4, 0.5) is 0 Å². The highest BCUT2D eigenvalue weighted by atomic mass is 35.5. The molecule has 3 nitrogen and oxygen atoms in total. The second-order valence-electron chi connectivity index (χ2n) is 7.51. The number of nitrogens with zero attached hydrogens (tertiary/aromatic N) is 1. The molecule has 1 heterocycles. The summed E-state index contributed by atoms with van der Waals surface area (Å²) in [5, 5.41) is 5.13. The Kier molecular flexibility index (Phi) is 5.49. The number of benzene rings is 2. The van der Waals surface area contributed by atoms with Crippen LogP contribution in [0, 0.1) is 0 Å². The van der Waals surface area contributed by atoms with E-state index in [2.05, 4.69) is 34.3 Å². The van der Waals surface area contributed by atoms with Crippen LogP contribution in [-0.2, 0) is 17.8 Å². The summed E-state index contributed by atoms with van der Waals surface area (Å²) >= 11 is 6.13. The molecule has 0 saturated heterocycles. The molecule has 140 valence electrons. The number of nitrogens with one attached hydrogen (secondary N) is 1. The molecule has 0 aliphatic heterocycles. The lowest BCUT2D eigenvalue weighted by Gasteiger charge is -2.22. The zero-order valence-corrected chi connectivity index (χ0v) is 16.2. The normalized spacial score (nSPS) is 15.1. The third-order valence-electron chi connectivity index (χ3n) is 5.43. The van der Waals surface area contributed by atoms with Gasteiger partial charge in [0, 0.05) is 34.7 Å². The Labute approximate surface area is 165 Å². The molecule has 27 heavy (non-hydrogen) atoms. The minimum Gasteiger partial charge on any atom is -0.353 e. The molecule has 1 fully saturated rings. The van der Waals surface area contributed by atoms with Crippen LogP contribution in [0.2, 0.25) is 5.02 Å². The molecule has 1 aliphatic carbocycles. The first-order chi connectivity index (χ1) is 13.2. The Bertz CT molecular complexity index is 940. The average Bonchev–Trinajstić information content (AvgIpc) is 3.00. The SMILES string of the molecule is O=C(Cc1cn(Cc2cccc(Cl)c2)c2ccccc12)NC1CCCCC1. The summed E-state index contributed by atoms with van der Waals surface area (Å²) in [5.74, 6) is 0.132. The molecule has 1 saturated carbocycles. The van der Waals surface area contributed by atoms with Crippen molar-refractivity contribution < 1.29 is 4.79 Å². The van der Waals surface area contributed by atoms with Crippen LogP contribution >= 0.6 is 11.6 Å². The van der Waals surface area contributed by atoms with Gasteiger partial charge in [-0.05, 0) is 42.2 Å². The quantitative estimate of drug-likeness (QED) is 0.637. The molecule has 1 N–H and O–H groups in total. The number of carbonyl (C=O) groups is 1. The van der Waals surface area contributed by atoms with Crippen molar-refractivity contribution in [3.63, 3.8) is 0 Å². The van der Waals surface area contributed by atoms with Crippen molar-refractivity contribution in [1.82, 2.24) is 9.88 Å². The maximum atomic E-state index is 12.6. The minimum absolute atomic E-state index is 0.132. The van der Waals surface area contributed by atoms with Gasteiger partial charge >= 0.3 is 0 Å². The van der Waals surface area contributed by atoms with E-state index in [-0.39, 0.29) is 5.91 Å². The largest absolute Gasteiger partial charge is 0.353 e. The highest BCUT2D eigenvalue weighted by molar-refractivity contribution is 6.30. The van der Waals surface area contributed by atoms with E-state index in [4.69, 9.17) is 11.6 Å². The Balaban J connectivity index is 1.55. The summed E-state index contributed by atoms with van der Waals surface area (Å²) in [6.07, 6.45) is 8.52. The van der Waals surface area contributed by atoms with Crippen molar-refractivity contribution in [3.8, 4) is 0 Å². The molecule has 1 amide bonds. The minimum atomic E-state index is 0.132. The molecule has 1 aromatic heterocycles. The van der Waals surface area contributed by atoms with Gasteiger partial charge in [-0.2, -0.15) is 0 Å². The summed E-state index contributed by atoms with van der Waals surface area (Å²) < 4.78 is 2.21. The topological polar surface area (TPSA) is 34.0 Å². The number of halogens is 1. The second-order valence-corrected chi connectivity index (χ2v) is 7.94. The molecule has 1 aliphatic rings. The van der Waals surface area contributed by atoms with Gasteiger partial charge < -0.3 is 9.88 Å². The van der Waals surface area contributed by atoms with Crippen LogP contribution in [0.15, 0.2) is 54.7 Å². The van der Waals surface area contributed by atoms with Gasteiger partial charge in [-0.3, -0.25) is 4.79 Å². The van der Waals surface area contributed by atoms with E-state index in [9.17, 15) is 4.79 Å². The molecule has 0 bridgehead atoms. The van der Waals surface area contributed by atoms with E-state index < -0.39 is 0 Å². The summed E-state index contributed by atoms with van der Waals surface area (Å²) in [6.45, 7) is 0.741. The lowest BCUT2D eigenvalue weighted by Crippen LogP contribution is -2.37. The van der Waals surface area contributed by atoms with E-state index in [1.165, 1.54) is 19.3 Å². The van der Waals surface area contributed by atoms with Crippen LogP contribution in [0.25, 0.3) is 10.9 Å². The molecule has 4 heteroatoms. The molecule has 0 spiro atoms. The van der Waals surface area contributed by atoms with E-state index in [1.54, 1.807) is 0 Å². The standard InChI is InChI=1S/C23H25ClN2O/c24-19-8-6-7-17(13-19)15-26-16-18(21-11-4-5-12-22(21)26)14-23(27)25-20-9-2-1-3-10-20/h4-8,11-13,16,20H,1-3,9-10,14-15H2,(H,25,27). The highest BCUT2D eigenvalue weighted by Crippen LogP contribution is 2.24. The molecule has 3 aromatic rings. The Hall–Kier alpha value is -2.26. The van der Waals surface area contributed by atoms with Crippen LogP contribution in [0.1, 0.15) is 43.2 Å². The van der Waals surface area contributed by atoms with Crippen molar-refractivity contribution in [2.45, 2.75) is 51.1 Å². The van der Waals surface area contributed by atoms with Crippen molar-refractivity contribution >= 4 is 28.4 Å². The Morgan fingerprint density at radius 3 is 2.70 bits per heavy atom. The van der Waals surface area contributed by atoms with Gasteiger partial charge in [-0.15, -0.1) is 0 Å². The monoisotopic (exact) mass is 380 g/mol. The van der Waals surface area contributed by atoms with Gasteiger partial charge in [0.05, 0.1) is 6.42 Å². The van der Waals surface area contributed by atoms with Crippen molar-refractivity contribution in [3.05, 3.63) is 70.9 Å². The summed E-state index contributed by atoms with van der Waals surface area (Å²) in [7, 11) is 0. The van der Waals surface area contributed by atoms with E-state index in [1.807, 2.05) is 30.3 Å². The van der Waals surface area contributed by atoms with Crippen LogP contribution in [0.3, 0.4) is 0 Å². The first kappa shape index (κ1) is 18.1. The second kappa shape index (κ2) is 8.18. The number of fused-ring (bicyclic) bond motifs is 1. The molecule has 0 unspecified atom stereocenters. The van der Waals surface area contributed by atoms with Crippen molar-refractivity contribution in [2.75, 3.05) is 0 Å². The van der Waals surface area contributed by atoms with E-state index in [0.29, 0.717) is 12.5 Å². The zero-order valence-electron chi connectivity index (χ0n) is 15.5. The maximum Gasteiger partial charge on any atom is 0.224 e. The molecular weight excluding hydrogens is 356 g/mol. The number of aromatic nitrogens is 1. The van der Waals surface area contributed by atoms with Gasteiger partial charge in [0.25, 0.3) is 0 Å². The third-order valence-corrected chi connectivity index (χ3v) is 5.67. The number of para-hydroxylation sites is 1. The number of carbonyl (C=O) groups excluding carboxylic acids is 1. The van der Waals surface area contributed by atoms with Gasteiger partial charge in [-0.1, -0.05) is 61.2 Å². The van der Waals surface area contributed by atoms with Crippen molar-refractivity contribution in [2.24, 2.45) is 0 Å². The zero-order chi connectivity index (χ0) is 18.6. The number of amides is 1. The first-order valence-corrected chi connectivity index (χ1v) is 10.2. The summed E-state index contributed by atoms with van der Waals surface area (Å²) in [5.41, 5.74) is 3.39. The number of rotatable bonds is 5. The smallest absolute Gasteiger partial charge is 0.224 e. The van der Waals surface area contributed by atoms with E-state index >= 15 is 0 Å². The number of hydrogen-bond donors (Lipinski definition) is 1. The van der Waals surface area contributed by atoms with Gasteiger partial charge in [0.1, 0.15) is 0 Å². The third kappa shape index (κ3) is 4.36. The lowest BCUT2D eigenvalue weighted by molar-refractivity contribution is -0.121. The Morgan fingerprint density at radius 1 is 1.07 bits per heavy atom. The van der Waals surface area contributed by atoms with E-state index in [0.717, 1.165) is 46.4 Å². The van der Waals surface area contributed by atoms with Crippen LogP contribution in [-0.4, -0.2) is 16.5 Å². The maximum absolute atomic E-state index is 12.6. The fourth-order valence-electron chi connectivity index (χ4n) is 4.13. The molecule has 4 rings (SSSR count). The number of hydrogen-bond acceptors (Lipinski definition) is 1. The predicted molar refractivity (Wildman–Crippen MR) is 111 cm³/mol. The molecular formula is C23H25ClN2O. The van der Waals surface area contributed by atoms with Gasteiger partial charge in [0.2, 0.25) is 5.91 Å². The molecule has 0 atom stereocenters. The summed E-state index contributed by atoms with van der Waals surface area (Å²) in [4.78, 5) is 12.6. The van der Waals surface area contributed by atoms with Gasteiger partial charge in [-0.25, -0.2) is 0 Å². The first-order valence-electron chi connectivity index (χ1n) is 9.79. The van der Waals surface area contributed by atoms with Crippen LogP contribution in [0.5, 0.6) is 0 Å². The molecule has 2 aromatic carbocycles. The fraction of sp³-hybridized carbons (Fsp3) is 0.348. The summed E-state index contributed by atoms with van der Waals surface area (Å²) in [6, 6.07) is 16.6. The van der Waals surface area contributed by atoms with Gasteiger partial charge in [0.15, 0.2) is 0 Å². The highest BCUT2D eigenvalue weighted by Gasteiger charge is 2.17. The lowest BCUT2D eigenvalue weighted by atomic mass is 9.95. The Morgan fingerprint density at radius 2 is 1.89 bits per heavy atom.